The quantitative estimate of drug-likeness (QED) is 0.0127. The second-order valence-electron chi connectivity index (χ2n) is 26.1. The Balaban J connectivity index is -0.0000192. The minimum absolute atomic E-state index is 0. The average molecular weight is 2030 g/mol. The van der Waals surface area contributed by atoms with E-state index in [0.29, 0.717) is 6.42 Å². The van der Waals surface area contributed by atoms with Crippen LogP contribution in [0.25, 0.3) is 0 Å². The zero-order valence-corrected chi connectivity index (χ0v) is 89.8. The van der Waals surface area contributed by atoms with E-state index in [0.717, 1.165) is 14.2 Å². The molecule has 4 aliphatic heterocycles. The van der Waals surface area contributed by atoms with Gasteiger partial charge in [-0.25, -0.2) is 60.0 Å². The number of aliphatic hydroxyl groups is 12. The molecule has 6 rings (SSSR count). The van der Waals surface area contributed by atoms with Gasteiger partial charge in [-0.1, -0.05) is 18.6 Å². The van der Waals surface area contributed by atoms with Crippen LogP contribution in [-0.2, 0) is 145 Å². The summed E-state index contributed by atoms with van der Waals surface area (Å²) in [5.74, 6) is -5.80. The van der Waals surface area contributed by atoms with Gasteiger partial charge in [0.15, 0.2) is 58.0 Å². The van der Waals surface area contributed by atoms with Crippen LogP contribution in [0.3, 0.4) is 0 Å². The maximum absolute atomic E-state index is 12.9. The number of ether oxygens (including phenoxy) is 10. The summed E-state index contributed by atoms with van der Waals surface area (Å²) in [4.78, 5) is 50.7. The third-order valence-electron chi connectivity index (χ3n) is 17.5. The molecule has 684 valence electrons. The zero-order chi connectivity index (χ0) is 89.4. The van der Waals surface area contributed by atoms with E-state index in [-0.39, 0.29) is 285 Å². The van der Waals surface area contributed by atoms with Gasteiger partial charge in [0.2, 0.25) is 53.4 Å². The molecule has 4 heterocycles. The third-order valence-corrected chi connectivity index (χ3v) is 20.4. The molecule has 2 amide bonds. The minimum atomic E-state index is -6.02. The first-order chi connectivity index (χ1) is 55.1. The summed E-state index contributed by atoms with van der Waals surface area (Å²) in [7, 11) is -32.8. The van der Waals surface area contributed by atoms with Crippen LogP contribution in [0.15, 0.2) is 48.5 Å². The van der Waals surface area contributed by atoms with Crippen molar-refractivity contribution in [3.63, 3.8) is 0 Å². The van der Waals surface area contributed by atoms with E-state index >= 15 is 0 Å². The molecule has 0 radical (unpaired) electrons. The fourth-order valence-electron chi connectivity index (χ4n) is 12.0. The maximum Gasteiger partial charge on any atom is 1.00 e. The number of benzene rings is 2. The number of amides is 2. The standard InChI is InChI=1S/C57H90N6O50S6.8Na/c1-100-44-30(20-104-116(88,89)90)106-54(34(40(44)74)62-114(82,83)84)108-46-42(76)48(112-118(94,95)96)56(110-50(46)52(78)79)102-18-28(66)38(72)36(70)26(64)16-58-22-8-6-10-24(14-22)60-32(68)12-4-3-5-13-33(69)61-25-11-7-9-23(15-25)59-17-27(65)37(71)39(73)29(67)19-103-57-49(113-119(97,98)99)43(77)47(51(111-57)53(80)81)109-55-35(63-115(85,86)87)41(75)45(101-2)31(107-55)21-105-117(91,92)93;;;;;;;;/h6-11,14-15,26-31,34-51,54-59,62-67,70-77H,3-5,12-13,16-21H2,1-2H3,(H,60,68)(H,61,69)(H,78,79)(H,80,81)(H,82,83,84)(H,85,86,87)(H,88,89,90)(H,91,92,93)(H,94,95,96)(H,97,98,99);;;;;;;;/q;8*+1/p-8/t26-,27-,28+,29+,30+,31+,34+,35+,36+,37+,38+,39+,40+,41+,42-,43-,44+,45+,46-,47-,48+,49+,50+,51+,54+,55+,56+,57+;;;;;;;;/m0......../s1. The van der Waals surface area contributed by atoms with Crippen molar-refractivity contribution in [2.75, 3.05) is 75.0 Å². The topological polar surface area (TPSA) is 902 Å². The second kappa shape index (κ2) is 60.5. The number of carbonyl (C=O) groups excluding carboxylic acids is 4. The van der Waals surface area contributed by atoms with Gasteiger partial charge in [0, 0.05) is 62.9 Å². The summed E-state index contributed by atoms with van der Waals surface area (Å²) in [6, 6.07) is 6.61. The molecule has 4 fully saturated rings. The van der Waals surface area contributed by atoms with Gasteiger partial charge in [0.1, 0.15) is 122 Å². The third kappa shape index (κ3) is 44.5. The van der Waals surface area contributed by atoms with E-state index in [2.05, 4.69) is 38.0 Å². The van der Waals surface area contributed by atoms with Crippen molar-refractivity contribution < 1.29 is 469 Å². The van der Waals surface area contributed by atoms with Crippen LogP contribution in [-0.4, -0.2) is 388 Å². The summed E-state index contributed by atoms with van der Waals surface area (Å²) in [5.41, 5.74) is 0.781. The molecule has 56 nitrogen and oxygen atoms in total. The number of carboxylic acids is 2. The fourth-order valence-corrected chi connectivity index (χ4v) is 14.7. The smallest absolute Gasteiger partial charge is 0.735 e. The van der Waals surface area contributed by atoms with Crippen LogP contribution in [0.2, 0.25) is 0 Å². The molecule has 4 aliphatic rings. The van der Waals surface area contributed by atoms with Crippen LogP contribution in [0.4, 0.5) is 22.7 Å². The van der Waals surface area contributed by atoms with Gasteiger partial charge in [0.05, 0.1) is 50.6 Å². The Morgan fingerprint density at radius 3 is 1.00 bits per heavy atom. The summed E-state index contributed by atoms with van der Waals surface area (Å²) in [5, 5.41) is 166. The molecule has 0 saturated carbocycles. The van der Waals surface area contributed by atoms with Gasteiger partial charge in [-0.3, -0.25) is 26.3 Å². The Bertz CT molecular complexity index is 4150. The normalized spacial score (nSPS) is 28.3. The number of hydrogen-bond acceptors (Lipinski definition) is 52. The van der Waals surface area contributed by atoms with Crippen molar-refractivity contribution in [1.29, 1.82) is 0 Å². The van der Waals surface area contributed by atoms with Crippen molar-refractivity contribution in [2.45, 2.75) is 204 Å². The molecule has 0 spiro atoms. The van der Waals surface area contributed by atoms with Gasteiger partial charge in [-0.2, -0.15) is 0 Å². The molecule has 0 aliphatic carbocycles. The number of anilines is 4. The van der Waals surface area contributed by atoms with Crippen LogP contribution in [0.1, 0.15) is 32.1 Å². The summed E-state index contributed by atoms with van der Waals surface area (Å²) in [6.45, 7) is -6.64. The first-order valence-corrected chi connectivity index (χ1v) is 42.3. The maximum atomic E-state index is 12.9. The number of unbranched alkanes of at least 4 members (excludes halogenated alkanes) is 2. The molecular formula is C57H82N6Na8O50S6. The molecule has 18 N–H and O–H groups in total. The number of aliphatic carboxylic acids is 2. The predicted molar refractivity (Wildman–Crippen MR) is 364 cm³/mol. The van der Waals surface area contributed by atoms with Gasteiger partial charge < -0.3 is 177 Å². The number of rotatable bonds is 48. The van der Waals surface area contributed by atoms with Crippen molar-refractivity contribution >= 4 is 109 Å². The molecule has 0 unspecified atom stereocenters. The Morgan fingerprint density at radius 2 is 0.717 bits per heavy atom. The van der Waals surface area contributed by atoms with Crippen molar-refractivity contribution in [3.8, 4) is 0 Å². The first kappa shape index (κ1) is 133. The molecule has 0 aromatic heterocycles. The number of carbonyl (C=O) groups is 4. The van der Waals surface area contributed by atoms with Crippen LogP contribution >= 0.6 is 0 Å². The molecular weight excluding hydrogens is 1940 g/mol. The van der Waals surface area contributed by atoms with Crippen LogP contribution in [0.5, 0.6) is 0 Å². The molecule has 0 bridgehead atoms. The van der Waals surface area contributed by atoms with E-state index in [4.69, 9.17) is 47.4 Å². The van der Waals surface area contributed by atoms with Crippen LogP contribution in [0, 0.1) is 0 Å². The van der Waals surface area contributed by atoms with E-state index in [9.17, 15) is 168 Å². The second-order valence-corrected chi connectivity index (χ2v) is 32.5. The number of carboxylic acid groups (broad SMARTS) is 2. The first-order valence-electron chi connectivity index (χ1n) is 34.1. The van der Waals surface area contributed by atoms with E-state index < -0.39 is 297 Å². The molecule has 70 heteroatoms. The molecule has 127 heavy (non-hydrogen) atoms. The van der Waals surface area contributed by atoms with Gasteiger partial charge >= 0.3 is 236 Å². The molecule has 28 atom stereocenters. The van der Waals surface area contributed by atoms with Crippen molar-refractivity contribution in [3.05, 3.63) is 48.5 Å². The fraction of sp³-hybridized carbons (Fsp3) is 0.719. The largest absolute Gasteiger partial charge is 1.00 e. The van der Waals surface area contributed by atoms with Gasteiger partial charge in [-0.15, -0.1) is 0 Å². The van der Waals surface area contributed by atoms with Crippen molar-refractivity contribution in [1.82, 2.24) is 9.44 Å². The molecule has 2 aromatic carbocycles. The Kier molecular flexibility index (Phi) is 63.6. The minimum Gasteiger partial charge on any atom is -0.735 e. The average Bonchev–Trinajstić information content (AvgIpc) is 0.769. The van der Waals surface area contributed by atoms with Crippen molar-refractivity contribution in [2.24, 2.45) is 0 Å². The predicted octanol–water partition coefficient (Wildman–Crippen LogP) is -39.9. The molecule has 2 aromatic rings. The zero-order valence-electron chi connectivity index (χ0n) is 68.9. The SMILES string of the molecule is CO[C@H]1[C@H](O)[C@@H](NS(=O)(=O)[O-])[C@@H](O[C@H]2[C@H](O)[C@@H](OS(=O)(=O)[O-])[C@H](OC[C@@H](O)[C@@H](O)[C@H](O)[C@@H](O)CNc3cccc(NC(=O)CCCCCC(=O)Nc4cccc(NC[C@H](O)[C@@H](O)[C@H](O)[C@H](O)CO[C@@H]5O[C@@H](C(=O)[O-])[C@@H](O[C@H]6O[C@H](COS(=O)(=O)[O-])[C@@H](OC)[C@H](O)[C@H]6NS(=O)(=O)[O-])[C@H](O)[C@H]5OS(=O)(=O)[O-])c4)c3)O[C@H]2C(=O)[O-])O[C@@H]1COS(=O)(=O)[O-].[Na+].[Na+].[Na+].[Na+].[Na+].[Na+].[Na+].[Na+]. The van der Waals surface area contributed by atoms with Gasteiger partial charge in [0.25, 0.3) is 0 Å². The monoisotopic (exact) mass is 2030 g/mol. The van der Waals surface area contributed by atoms with E-state index in [1.165, 1.54) is 58.0 Å². The number of aliphatic hydroxyl groups excluding tert-OH is 12. The van der Waals surface area contributed by atoms with E-state index in [1.54, 1.807) is 0 Å². The van der Waals surface area contributed by atoms with Crippen LogP contribution < -0.4 is 277 Å². The summed E-state index contributed by atoms with van der Waals surface area (Å²) >= 11 is 0. The summed E-state index contributed by atoms with van der Waals surface area (Å²) in [6.07, 6.45) is -62.6. The number of hydrogen-bond donors (Lipinski definition) is 18. The number of methoxy groups -OCH3 is 2. The van der Waals surface area contributed by atoms with Gasteiger partial charge in [-0.05, 0) is 49.2 Å². The molecule has 4 saturated heterocycles. The Labute approximate surface area is 902 Å². The number of nitrogens with one attached hydrogen (secondary N) is 6. The Hall–Kier alpha value is 2.26. The summed E-state index contributed by atoms with van der Waals surface area (Å²) < 4.78 is 280. The Morgan fingerprint density at radius 1 is 0.409 bits per heavy atom. The van der Waals surface area contributed by atoms with E-state index in [1.807, 2.05) is 0 Å².